The maximum Gasteiger partial charge on any atom is 0.407 e. The number of alkyl carbamates (subject to hydrolysis) is 1. The highest BCUT2D eigenvalue weighted by Crippen LogP contribution is 2.21. The summed E-state index contributed by atoms with van der Waals surface area (Å²) in [6.45, 7) is 6.06. The second kappa shape index (κ2) is 10.6. The molecule has 6 heteroatoms. The molecule has 0 fully saturated rings. The van der Waals surface area contributed by atoms with E-state index in [1.807, 2.05) is 45.0 Å². The van der Waals surface area contributed by atoms with Gasteiger partial charge in [-0.3, -0.25) is 0 Å². The zero-order valence-electron chi connectivity index (χ0n) is 14.5. The van der Waals surface area contributed by atoms with Crippen LogP contribution in [0.15, 0.2) is 24.3 Å². The van der Waals surface area contributed by atoms with E-state index >= 15 is 0 Å². The molecule has 1 unspecified atom stereocenters. The molecule has 4 nitrogen and oxygen atoms in total. The number of carbonyl (C=O) groups excluding carboxylic acids is 2. The Morgan fingerprint density at radius 2 is 2.12 bits per heavy atom. The minimum absolute atomic E-state index is 0.261. The molecule has 1 amide bonds. The number of amides is 1. The van der Waals surface area contributed by atoms with Gasteiger partial charge in [-0.1, -0.05) is 23.7 Å². The van der Waals surface area contributed by atoms with Crippen molar-refractivity contribution in [2.45, 2.75) is 50.8 Å². The zero-order valence-corrected chi connectivity index (χ0v) is 16.1. The van der Waals surface area contributed by atoms with Crippen molar-refractivity contribution in [3.05, 3.63) is 34.9 Å². The van der Waals surface area contributed by atoms with Crippen molar-refractivity contribution in [2.24, 2.45) is 0 Å². The average molecular weight is 372 g/mol. The van der Waals surface area contributed by atoms with Crippen molar-refractivity contribution in [1.29, 1.82) is 0 Å². The van der Waals surface area contributed by atoms with Gasteiger partial charge in [-0.25, -0.2) is 4.79 Å². The molecule has 24 heavy (non-hydrogen) atoms. The number of carbonyl (C=O) groups is 2. The van der Waals surface area contributed by atoms with Crippen LogP contribution in [0.2, 0.25) is 5.02 Å². The molecule has 1 aromatic rings. The van der Waals surface area contributed by atoms with Crippen molar-refractivity contribution in [3.63, 3.8) is 0 Å². The number of aryl methyl sites for hydroxylation is 1. The van der Waals surface area contributed by atoms with E-state index in [0.717, 1.165) is 30.6 Å². The van der Waals surface area contributed by atoms with E-state index in [2.05, 4.69) is 5.32 Å². The van der Waals surface area contributed by atoms with Gasteiger partial charge in [-0.05, 0) is 57.7 Å². The molecule has 0 aliphatic rings. The Balaban J connectivity index is 2.41. The first-order chi connectivity index (χ1) is 11.3. The molecule has 0 heterocycles. The Hall–Kier alpha value is -1.20. The average Bonchev–Trinajstić information content (AvgIpc) is 2.47. The third kappa shape index (κ3) is 9.83. The van der Waals surface area contributed by atoms with Gasteiger partial charge in [-0.2, -0.15) is 11.8 Å². The summed E-state index contributed by atoms with van der Waals surface area (Å²) in [5.41, 5.74) is 0.862. The Morgan fingerprint density at radius 3 is 2.75 bits per heavy atom. The zero-order chi connectivity index (χ0) is 18.0. The lowest BCUT2D eigenvalue weighted by Gasteiger charge is -2.21. The molecule has 0 spiro atoms. The van der Waals surface area contributed by atoms with Crippen LogP contribution in [0.3, 0.4) is 0 Å². The van der Waals surface area contributed by atoms with Gasteiger partial charge in [0.15, 0.2) is 0 Å². The van der Waals surface area contributed by atoms with Crippen molar-refractivity contribution in [3.8, 4) is 0 Å². The van der Waals surface area contributed by atoms with Crippen molar-refractivity contribution in [1.82, 2.24) is 5.32 Å². The number of nitrogens with one attached hydrogen (secondary N) is 1. The maximum atomic E-state index is 11.7. The standard InChI is InChI=1S/C18H26ClNO3S/c1-18(2,3)20-17(22)23-11-9-16(24-12-10-21)8-7-14-5-4-6-15(19)13-14/h4-6,10,13,16H,7-9,11-12H2,1-3H3,(H,20,22). The van der Waals surface area contributed by atoms with Gasteiger partial charge < -0.3 is 14.8 Å². The number of halogens is 1. The van der Waals surface area contributed by atoms with E-state index in [-0.39, 0.29) is 10.8 Å². The molecule has 1 N–H and O–H groups in total. The predicted octanol–water partition coefficient (Wildman–Crippen LogP) is 4.49. The van der Waals surface area contributed by atoms with Crippen LogP contribution in [0, 0.1) is 0 Å². The summed E-state index contributed by atoms with van der Waals surface area (Å²) in [4.78, 5) is 22.3. The van der Waals surface area contributed by atoms with Gasteiger partial charge in [0.25, 0.3) is 0 Å². The molecule has 0 saturated carbocycles. The molecule has 0 bridgehead atoms. The Morgan fingerprint density at radius 1 is 1.38 bits per heavy atom. The fraction of sp³-hybridized carbons (Fsp3) is 0.556. The van der Waals surface area contributed by atoms with E-state index in [4.69, 9.17) is 16.3 Å². The van der Waals surface area contributed by atoms with Gasteiger partial charge in [0.2, 0.25) is 0 Å². The number of hydrogen-bond acceptors (Lipinski definition) is 4. The van der Waals surface area contributed by atoms with Crippen LogP contribution < -0.4 is 5.32 Å². The quantitative estimate of drug-likeness (QED) is 0.650. The first-order valence-corrected chi connectivity index (χ1v) is 9.47. The second-order valence-electron chi connectivity index (χ2n) is 6.59. The fourth-order valence-electron chi connectivity index (χ4n) is 2.13. The monoisotopic (exact) mass is 371 g/mol. The highest BCUT2D eigenvalue weighted by atomic mass is 35.5. The predicted molar refractivity (Wildman–Crippen MR) is 101 cm³/mol. The highest BCUT2D eigenvalue weighted by molar-refractivity contribution is 8.00. The molecule has 134 valence electrons. The number of benzene rings is 1. The largest absolute Gasteiger partial charge is 0.450 e. The van der Waals surface area contributed by atoms with Crippen LogP contribution in [-0.2, 0) is 16.0 Å². The molecule has 0 saturated heterocycles. The molecule has 1 atom stereocenters. The number of hydrogen-bond donors (Lipinski definition) is 1. The fourth-order valence-corrected chi connectivity index (χ4v) is 3.24. The summed E-state index contributed by atoms with van der Waals surface area (Å²) in [5, 5.41) is 3.75. The van der Waals surface area contributed by atoms with Crippen LogP contribution in [0.5, 0.6) is 0 Å². The van der Waals surface area contributed by atoms with Crippen molar-refractivity contribution >= 4 is 35.7 Å². The van der Waals surface area contributed by atoms with Crippen LogP contribution >= 0.6 is 23.4 Å². The summed E-state index contributed by atoms with van der Waals surface area (Å²) in [7, 11) is 0. The minimum Gasteiger partial charge on any atom is -0.450 e. The van der Waals surface area contributed by atoms with Gasteiger partial charge >= 0.3 is 6.09 Å². The lowest BCUT2D eigenvalue weighted by Crippen LogP contribution is -2.41. The van der Waals surface area contributed by atoms with Crippen molar-refractivity contribution < 1.29 is 14.3 Å². The van der Waals surface area contributed by atoms with Crippen molar-refractivity contribution in [2.75, 3.05) is 12.4 Å². The van der Waals surface area contributed by atoms with Crippen LogP contribution in [-0.4, -0.2) is 35.5 Å². The van der Waals surface area contributed by atoms with Gasteiger partial charge in [0.05, 0.1) is 6.61 Å². The Labute approximate surface area is 153 Å². The third-order valence-electron chi connectivity index (χ3n) is 3.19. The number of thioether (sulfide) groups is 1. The SMILES string of the molecule is CC(C)(C)NC(=O)OCCC(CCc1cccc(Cl)c1)SCC=O. The molecular weight excluding hydrogens is 346 g/mol. The number of rotatable bonds is 9. The van der Waals surface area contributed by atoms with Gasteiger partial charge in [0.1, 0.15) is 6.29 Å². The van der Waals surface area contributed by atoms with Crippen LogP contribution in [0.25, 0.3) is 0 Å². The molecule has 0 aromatic heterocycles. The normalized spacial score (nSPS) is 12.5. The summed E-state index contributed by atoms with van der Waals surface area (Å²) in [5.74, 6) is 0.453. The molecular formula is C18H26ClNO3S. The summed E-state index contributed by atoms with van der Waals surface area (Å²) in [6.07, 6.45) is 3.01. The molecule has 0 aliphatic carbocycles. The lowest BCUT2D eigenvalue weighted by atomic mass is 10.1. The first kappa shape index (κ1) is 20.8. The van der Waals surface area contributed by atoms with Gasteiger partial charge in [-0.15, -0.1) is 0 Å². The van der Waals surface area contributed by atoms with E-state index in [1.165, 1.54) is 5.56 Å². The second-order valence-corrected chi connectivity index (χ2v) is 8.36. The topological polar surface area (TPSA) is 55.4 Å². The Bertz CT molecular complexity index is 531. The summed E-state index contributed by atoms with van der Waals surface area (Å²) in [6, 6.07) is 7.79. The van der Waals surface area contributed by atoms with E-state index in [9.17, 15) is 9.59 Å². The molecule has 1 rings (SSSR count). The first-order valence-electron chi connectivity index (χ1n) is 8.05. The minimum atomic E-state index is -0.406. The van der Waals surface area contributed by atoms with E-state index in [0.29, 0.717) is 12.4 Å². The van der Waals surface area contributed by atoms with E-state index in [1.54, 1.807) is 11.8 Å². The number of ether oxygens (including phenoxy) is 1. The highest BCUT2D eigenvalue weighted by Gasteiger charge is 2.16. The van der Waals surface area contributed by atoms with Crippen LogP contribution in [0.4, 0.5) is 4.79 Å². The Kier molecular flexibility index (Phi) is 9.22. The van der Waals surface area contributed by atoms with Crippen LogP contribution in [0.1, 0.15) is 39.2 Å². The van der Waals surface area contributed by atoms with Gasteiger partial charge in [0, 0.05) is 21.6 Å². The molecule has 0 aliphatic heterocycles. The lowest BCUT2D eigenvalue weighted by molar-refractivity contribution is -0.105. The maximum absolute atomic E-state index is 11.7. The summed E-state index contributed by atoms with van der Waals surface area (Å²) >= 11 is 7.60. The molecule has 0 radical (unpaired) electrons. The van der Waals surface area contributed by atoms with E-state index < -0.39 is 6.09 Å². The third-order valence-corrected chi connectivity index (χ3v) is 4.70. The summed E-state index contributed by atoms with van der Waals surface area (Å²) < 4.78 is 5.23. The number of aldehydes is 1. The smallest absolute Gasteiger partial charge is 0.407 e. The molecule has 1 aromatic carbocycles.